The van der Waals surface area contributed by atoms with Gasteiger partial charge in [-0.25, -0.2) is 9.67 Å². The fourth-order valence-electron chi connectivity index (χ4n) is 3.91. The number of carbonyl (C=O) groups excluding carboxylic acids is 2. The molecule has 32 heavy (non-hydrogen) atoms. The Kier molecular flexibility index (Phi) is 4.93. The summed E-state index contributed by atoms with van der Waals surface area (Å²) in [5.74, 6) is -0.200. The van der Waals surface area contributed by atoms with E-state index < -0.39 is 11.9 Å². The van der Waals surface area contributed by atoms with E-state index in [9.17, 15) is 9.59 Å². The average molecular weight is 430 g/mol. The molecule has 2 aromatic carbocycles. The molecule has 0 bridgehead atoms. The van der Waals surface area contributed by atoms with Crippen molar-refractivity contribution in [3.05, 3.63) is 65.7 Å². The third-order valence-electron chi connectivity index (χ3n) is 5.55. The van der Waals surface area contributed by atoms with Crippen LogP contribution in [0.15, 0.2) is 53.8 Å². The van der Waals surface area contributed by atoms with Crippen molar-refractivity contribution >= 4 is 28.9 Å². The van der Waals surface area contributed by atoms with Crippen LogP contribution in [-0.4, -0.2) is 52.0 Å². The van der Waals surface area contributed by atoms with E-state index in [0.717, 1.165) is 28.9 Å². The van der Waals surface area contributed by atoms with Crippen LogP contribution in [0.5, 0.6) is 5.75 Å². The lowest BCUT2D eigenvalue weighted by molar-refractivity contribution is -0.120. The Morgan fingerprint density at radius 3 is 2.88 bits per heavy atom. The number of carbonyl (C=O) groups is 2. The maximum absolute atomic E-state index is 13.0. The number of benzene rings is 2. The second-order valence-corrected chi connectivity index (χ2v) is 7.96. The molecule has 3 heterocycles. The summed E-state index contributed by atoms with van der Waals surface area (Å²) in [7, 11) is 1.67. The van der Waals surface area contributed by atoms with Crippen LogP contribution in [0.3, 0.4) is 0 Å². The molecule has 0 unspecified atom stereocenters. The van der Waals surface area contributed by atoms with Crippen molar-refractivity contribution in [1.29, 1.82) is 0 Å². The van der Waals surface area contributed by atoms with Gasteiger partial charge in [0.25, 0.3) is 11.8 Å². The van der Waals surface area contributed by atoms with Crippen molar-refractivity contribution in [2.75, 3.05) is 18.6 Å². The highest BCUT2D eigenvalue weighted by Crippen LogP contribution is 2.39. The maximum atomic E-state index is 13.0. The molecule has 0 spiro atoms. The van der Waals surface area contributed by atoms with Crippen molar-refractivity contribution in [3.63, 3.8) is 0 Å². The molecule has 0 aliphatic carbocycles. The summed E-state index contributed by atoms with van der Waals surface area (Å²) in [4.78, 5) is 35.9. The molecule has 9 nitrogen and oxygen atoms in total. The highest BCUT2D eigenvalue weighted by Gasteiger charge is 2.32. The Labute approximate surface area is 184 Å². The second kappa shape index (κ2) is 7.92. The molecule has 9 heteroatoms. The summed E-state index contributed by atoms with van der Waals surface area (Å²) in [6.45, 7) is 2.49. The van der Waals surface area contributed by atoms with Gasteiger partial charge in [-0.15, -0.1) is 5.10 Å². The molecule has 162 valence electrons. The van der Waals surface area contributed by atoms with Crippen LogP contribution < -0.4 is 15.0 Å². The molecule has 5 rings (SSSR count). The first kappa shape index (κ1) is 19.9. The van der Waals surface area contributed by atoms with Gasteiger partial charge in [-0.1, -0.05) is 30.3 Å². The molecule has 2 aliphatic rings. The van der Waals surface area contributed by atoms with Crippen molar-refractivity contribution in [3.8, 4) is 5.75 Å². The van der Waals surface area contributed by atoms with Gasteiger partial charge in [0.1, 0.15) is 24.7 Å². The van der Waals surface area contributed by atoms with Gasteiger partial charge in [0.05, 0.1) is 17.9 Å². The highest BCUT2D eigenvalue weighted by atomic mass is 16.5. The first-order chi connectivity index (χ1) is 15.5. The van der Waals surface area contributed by atoms with Crippen LogP contribution in [0.25, 0.3) is 0 Å². The SMILES string of the molecule is CC1=Nc2cc3c(cc2C1)OC[C@H](NC(=O)c1ncn(Cc2ccccc2)n1)C(=O)N3C. The maximum Gasteiger partial charge on any atom is 0.291 e. The summed E-state index contributed by atoms with van der Waals surface area (Å²) in [5.41, 5.74) is 4.62. The quantitative estimate of drug-likeness (QED) is 0.683. The van der Waals surface area contributed by atoms with Gasteiger partial charge >= 0.3 is 0 Å². The molecule has 0 radical (unpaired) electrons. The Hall–Kier alpha value is -4.01. The van der Waals surface area contributed by atoms with E-state index >= 15 is 0 Å². The van der Waals surface area contributed by atoms with Crippen LogP contribution in [0.2, 0.25) is 0 Å². The Morgan fingerprint density at radius 2 is 2.06 bits per heavy atom. The van der Waals surface area contributed by atoms with Crippen LogP contribution in [0, 0.1) is 0 Å². The largest absolute Gasteiger partial charge is 0.489 e. The standard InChI is InChI=1S/C23H22N6O3/c1-14-8-16-9-20-19(10-17(16)25-14)28(2)23(31)18(12-32-20)26-22(30)21-24-13-29(27-21)11-15-6-4-3-5-7-15/h3-7,9-10,13,18H,8,11-12H2,1-2H3,(H,26,30)/t18-/m0/s1. The van der Waals surface area contributed by atoms with Gasteiger partial charge in [0.2, 0.25) is 5.82 Å². The lowest BCUT2D eigenvalue weighted by Crippen LogP contribution is -2.49. The number of hydrogen-bond acceptors (Lipinski definition) is 6. The summed E-state index contributed by atoms with van der Waals surface area (Å²) < 4.78 is 7.49. The minimum Gasteiger partial charge on any atom is -0.489 e. The van der Waals surface area contributed by atoms with Crippen molar-refractivity contribution in [1.82, 2.24) is 20.1 Å². The van der Waals surface area contributed by atoms with Crippen LogP contribution in [0.1, 0.15) is 28.7 Å². The van der Waals surface area contributed by atoms with Gasteiger partial charge in [-0.3, -0.25) is 14.6 Å². The Morgan fingerprint density at radius 1 is 1.25 bits per heavy atom. The Bertz CT molecular complexity index is 1230. The average Bonchev–Trinajstić information content (AvgIpc) is 3.38. The molecular weight excluding hydrogens is 408 g/mol. The number of aliphatic imine (C=N–C) groups is 1. The van der Waals surface area contributed by atoms with Gasteiger partial charge in [-0.05, 0) is 30.2 Å². The topological polar surface area (TPSA) is 102 Å². The summed E-state index contributed by atoms with van der Waals surface area (Å²) in [6.07, 6.45) is 2.26. The van der Waals surface area contributed by atoms with Crippen molar-refractivity contribution in [2.45, 2.75) is 25.9 Å². The van der Waals surface area contributed by atoms with E-state index in [4.69, 9.17) is 4.74 Å². The fourth-order valence-corrected chi connectivity index (χ4v) is 3.91. The number of amides is 2. The molecule has 1 aromatic heterocycles. The molecule has 2 amide bonds. The molecule has 0 fully saturated rings. The van der Waals surface area contributed by atoms with E-state index in [1.54, 1.807) is 11.7 Å². The fraction of sp³-hybridized carbons (Fsp3) is 0.261. The Balaban J connectivity index is 1.30. The minimum atomic E-state index is -0.860. The van der Waals surface area contributed by atoms with Crippen molar-refractivity contribution < 1.29 is 14.3 Å². The minimum absolute atomic E-state index is 0.00179. The number of aromatic nitrogens is 3. The molecular formula is C23H22N6O3. The number of ether oxygens (including phenoxy) is 1. The molecule has 2 aliphatic heterocycles. The van der Waals surface area contributed by atoms with E-state index in [2.05, 4.69) is 20.4 Å². The first-order valence-electron chi connectivity index (χ1n) is 10.3. The number of rotatable bonds is 4. The third kappa shape index (κ3) is 3.73. The van der Waals surface area contributed by atoms with Crippen LogP contribution in [0.4, 0.5) is 11.4 Å². The molecule has 0 saturated heterocycles. The third-order valence-corrected chi connectivity index (χ3v) is 5.55. The number of fused-ring (bicyclic) bond motifs is 2. The van der Waals surface area contributed by atoms with Crippen LogP contribution >= 0.6 is 0 Å². The highest BCUT2D eigenvalue weighted by molar-refractivity contribution is 6.03. The lowest BCUT2D eigenvalue weighted by Gasteiger charge is -2.20. The zero-order chi connectivity index (χ0) is 22.2. The van der Waals surface area contributed by atoms with Gasteiger partial charge in [0.15, 0.2) is 0 Å². The number of nitrogens with one attached hydrogen (secondary N) is 1. The lowest BCUT2D eigenvalue weighted by atomic mass is 10.1. The predicted molar refractivity (Wildman–Crippen MR) is 119 cm³/mol. The number of likely N-dealkylation sites (N-methyl/N-ethyl adjacent to an activating group) is 1. The molecule has 0 saturated carbocycles. The molecule has 3 aromatic rings. The zero-order valence-electron chi connectivity index (χ0n) is 17.8. The van der Waals surface area contributed by atoms with Crippen molar-refractivity contribution in [2.24, 2.45) is 4.99 Å². The van der Waals surface area contributed by atoms with E-state index in [-0.39, 0.29) is 18.3 Å². The summed E-state index contributed by atoms with van der Waals surface area (Å²) in [5, 5.41) is 6.95. The summed E-state index contributed by atoms with van der Waals surface area (Å²) in [6, 6.07) is 12.7. The second-order valence-electron chi connectivity index (χ2n) is 7.96. The smallest absolute Gasteiger partial charge is 0.291 e. The molecule has 1 atom stereocenters. The first-order valence-corrected chi connectivity index (χ1v) is 10.3. The monoisotopic (exact) mass is 430 g/mol. The number of hydrogen-bond donors (Lipinski definition) is 1. The van der Waals surface area contributed by atoms with Gasteiger partial charge < -0.3 is 15.0 Å². The molecule has 1 N–H and O–H groups in total. The number of nitrogens with zero attached hydrogens (tertiary/aromatic N) is 5. The predicted octanol–water partition coefficient (Wildman–Crippen LogP) is 2.13. The zero-order valence-corrected chi connectivity index (χ0v) is 17.8. The van der Waals surface area contributed by atoms with E-state index in [1.165, 1.54) is 11.2 Å². The summed E-state index contributed by atoms with van der Waals surface area (Å²) >= 11 is 0. The van der Waals surface area contributed by atoms with E-state index in [1.807, 2.05) is 49.4 Å². The van der Waals surface area contributed by atoms with E-state index in [0.29, 0.717) is 18.0 Å². The normalized spacial score (nSPS) is 17.2. The van der Waals surface area contributed by atoms with Gasteiger partial charge in [0, 0.05) is 19.2 Å². The number of anilines is 1. The van der Waals surface area contributed by atoms with Gasteiger partial charge in [-0.2, -0.15) is 0 Å². The van der Waals surface area contributed by atoms with Crippen LogP contribution in [-0.2, 0) is 17.8 Å².